The number of fused-ring (bicyclic) bond motifs is 1. The molecule has 126 valence electrons. The number of hydrogen-bond donors (Lipinski definition) is 0. The Kier molecular flexibility index (Phi) is 4.93. The second-order valence-corrected chi connectivity index (χ2v) is 8.10. The van der Waals surface area contributed by atoms with Gasteiger partial charge in [-0.2, -0.15) is 0 Å². The zero-order valence-electron chi connectivity index (χ0n) is 14.1. The van der Waals surface area contributed by atoms with Crippen molar-refractivity contribution >= 4 is 11.6 Å². The van der Waals surface area contributed by atoms with Crippen molar-refractivity contribution in [2.45, 2.75) is 63.6 Å². The number of rotatable bonds is 3. The summed E-state index contributed by atoms with van der Waals surface area (Å²) >= 11 is 6.45. The molecular weight excluding hydrogens is 304 g/mol. The van der Waals surface area contributed by atoms with E-state index in [0.717, 1.165) is 29.6 Å². The van der Waals surface area contributed by atoms with E-state index in [1.807, 2.05) is 12.1 Å². The van der Waals surface area contributed by atoms with Crippen LogP contribution in [-0.4, -0.2) is 41.5 Å². The maximum Gasteiger partial charge on any atom is 0.0451 e. The molecule has 3 heteroatoms. The first-order valence-corrected chi connectivity index (χ1v) is 9.92. The highest BCUT2D eigenvalue weighted by Gasteiger charge is 2.42. The van der Waals surface area contributed by atoms with E-state index >= 15 is 0 Å². The lowest BCUT2D eigenvalue weighted by Crippen LogP contribution is -2.59. The van der Waals surface area contributed by atoms with E-state index in [4.69, 9.17) is 11.6 Å². The van der Waals surface area contributed by atoms with Gasteiger partial charge in [-0.15, -0.1) is 0 Å². The van der Waals surface area contributed by atoms with E-state index < -0.39 is 0 Å². The minimum absolute atomic E-state index is 0.753. The molecule has 0 radical (unpaired) electrons. The molecular formula is C20H29ClN2. The first-order chi connectivity index (χ1) is 11.3. The van der Waals surface area contributed by atoms with Crippen LogP contribution in [0, 0.1) is 5.92 Å². The van der Waals surface area contributed by atoms with E-state index in [1.165, 1.54) is 70.1 Å². The smallest absolute Gasteiger partial charge is 0.0451 e. The summed E-state index contributed by atoms with van der Waals surface area (Å²) in [4.78, 5) is 5.56. The largest absolute Gasteiger partial charge is 0.298 e. The van der Waals surface area contributed by atoms with Crippen molar-refractivity contribution in [3.63, 3.8) is 0 Å². The predicted octanol–water partition coefficient (Wildman–Crippen LogP) is 4.57. The predicted molar refractivity (Wildman–Crippen MR) is 96.8 cm³/mol. The fraction of sp³-hybridized carbons (Fsp3) is 0.700. The molecule has 4 rings (SSSR count). The van der Waals surface area contributed by atoms with Gasteiger partial charge in [0.2, 0.25) is 0 Å². The van der Waals surface area contributed by atoms with Crippen LogP contribution in [0.25, 0.3) is 0 Å². The fourth-order valence-corrected chi connectivity index (χ4v) is 5.48. The van der Waals surface area contributed by atoms with Crippen LogP contribution in [0.15, 0.2) is 24.3 Å². The summed E-state index contributed by atoms with van der Waals surface area (Å²) in [5.74, 6) is 0.900. The number of benzene rings is 1. The van der Waals surface area contributed by atoms with Gasteiger partial charge in [-0.1, -0.05) is 49.1 Å². The van der Waals surface area contributed by atoms with Crippen LogP contribution in [0.2, 0.25) is 5.02 Å². The lowest BCUT2D eigenvalue weighted by Gasteiger charge is -2.49. The first-order valence-electron chi connectivity index (χ1n) is 9.54. The van der Waals surface area contributed by atoms with Gasteiger partial charge >= 0.3 is 0 Å². The molecule has 2 heterocycles. The quantitative estimate of drug-likeness (QED) is 0.800. The van der Waals surface area contributed by atoms with Crippen molar-refractivity contribution in [2.75, 3.05) is 19.6 Å². The Bertz CT molecular complexity index is 526. The zero-order valence-corrected chi connectivity index (χ0v) is 14.8. The number of piperazine rings is 1. The molecule has 0 N–H and O–H groups in total. The fourth-order valence-electron chi connectivity index (χ4n) is 5.28. The molecule has 0 amide bonds. The third kappa shape index (κ3) is 3.31. The van der Waals surface area contributed by atoms with Gasteiger partial charge in [0.1, 0.15) is 0 Å². The van der Waals surface area contributed by atoms with E-state index in [-0.39, 0.29) is 0 Å². The summed E-state index contributed by atoms with van der Waals surface area (Å²) in [6.07, 6.45) is 10.00. The standard InChI is InChI=1S/C20H29ClN2/c21-18-10-5-4-9-17(18)15-23-14-13-22-12-6-11-19(22)20(23)16-7-2-1-3-8-16/h4-5,9-10,16,19-20H,1-3,6-8,11-15H2/t19-,20+/m1/s1. The minimum atomic E-state index is 0.753. The van der Waals surface area contributed by atoms with Gasteiger partial charge in [0.25, 0.3) is 0 Å². The van der Waals surface area contributed by atoms with Gasteiger partial charge in [-0.25, -0.2) is 0 Å². The number of nitrogens with zero attached hydrogens (tertiary/aromatic N) is 2. The molecule has 1 saturated carbocycles. The molecule has 3 fully saturated rings. The number of hydrogen-bond acceptors (Lipinski definition) is 2. The van der Waals surface area contributed by atoms with E-state index in [2.05, 4.69) is 21.9 Å². The maximum atomic E-state index is 6.45. The van der Waals surface area contributed by atoms with Crippen LogP contribution in [0.5, 0.6) is 0 Å². The Labute approximate surface area is 145 Å². The van der Waals surface area contributed by atoms with Crippen molar-refractivity contribution in [3.05, 3.63) is 34.9 Å². The second-order valence-electron chi connectivity index (χ2n) is 7.70. The third-order valence-electron chi connectivity index (χ3n) is 6.37. The highest BCUT2D eigenvalue weighted by atomic mass is 35.5. The maximum absolute atomic E-state index is 6.45. The van der Waals surface area contributed by atoms with Gasteiger partial charge < -0.3 is 0 Å². The molecule has 2 saturated heterocycles. The van der Waals surface area contributed by atoms with Crippen molar-refractivity contribution in [3.8, 4) is 0 Å². The monoisotopic (exact) mass is 332 g/mol. The summed E-state index contributed by atoms with van der Waals surface area (Å²) in [7, 11) is 0. The molecule has 2 atom stereocenters. The Hall–Kier alpha value is -0.570. The van der Waals surface area contributed by atoms with Crippen molar-refractivity contribution in [1.29, 1.82) is 0 Å². The molecule has 3 aliphatic rings. The molecule has 2 aliphatic heterocycles. The van der Waals surface area contributed by atoms with Gasteiger partial charge in [0.15, 0.2) is 0 Å². The van der Waals surface area contributed by atoms with Crippen molar-refractivity contribution < 1.29 is 0 Å². The topological polar surface area (TPSA) is 6.48 Å². The lowest BCUT2D eigenvalue weighted by atomic mass is 9.78. The molecule has 0 spiro atoms. The Morgan fingerprint density at radius 2 is 1.74 bits per heavy atom. The SMILES string of the molecule is Clc1ccccc1CN1CCN2CCC[C@@H]2[C@@H]1C1CCCCC1. The Balaban J connectivity index is 1.56. The van der Waals surface area contributed by atoms with E-state index in [0.29, 0.717) is 0 Å². The summed E-state index contributed by atoms with van der Waals surface area (Å²) in [5, 5.41) is 0.934. The van der Waals surface area contributed by atoms with Gasteiger partial charge in [-0.3, -0.25) is 9.80 Å². The first kappa shape index (κ1) is 15.9. The number of halogens is 1. The summed E-state index contributed by atoms with van der Waals surface area (Å²) in [5.41, 5.74) is 1.31. The van der Waals surface area contributed by atoms with E-state index in [1.54, 1.807) is 0 Å². The molecule has 0 bridgehead atoms. The van der Waals surface area contributed by atoms with Crippen LogP contribution in [-0.2, 0) is 6.54 Å². The van der Waals surface area contributed by atoms with Crippen molar-refractivity contribution in [2.24, 2.45) is 5.92 Å². The zero-order chi connectivity index (χ0) is 15.6. The van der Waals surface area contributed by atoms with Crippen LogP contribution >= 0.6 is 11.6 Å². The van der Waals surface area contributed by atoms with Gasteiger partial charge in [-0.05, 0) is 49.8 Å². The normalized spacial score (nSPS) is 30.5. The third-order valence-corrected chi connectivity index (χ3v) is 6.74. The highest BCUT2D eigenvalue weighted by molar-refractivity contribution is 6.31. The lowest BCUT2D eigenvalue weighted by molar-refractivity contribution is -0.00378. The Morgan fingerprint density at radius 3 is 2.57 bits per heavy atom. The van der Waals surface area contributed by atoms with Gasteiger partial charge in [0, 0.05) is 36.7 Å². The molecule has 1 aromatic carbocycles. The van der Waals surface area contributed by atoms with Crippen molar-refractivity contribution in [1.82, 2.24) is 9.80 Å². The molecule has 0 aromatic heterocycles. The summed E-state index contributed by atoms with van der Waals surface area (Å²) in [6, 6.07) is 9.97. The summed E-state index contributed by atoms with van der Waals surface area (Å²) in [6.45, 7) is 4.82. The molecule has 0 unspecified atom stereocenters. The molecule has 2 nitrogen and oxygen atoms in total. The van der Waals surface area contributed by atoms with E-state index in [9.17, 15) is 0 Å². The van der Waals surface area contributed by atoms with Crippen LogP contribution in [0.3, 0.4) is 0 Å². The average molecular weight is 333 g/mol. The molecule has 23 heavy (non-hydrogen) atoms. The van der Waals surface area contributed by atoms with Crippen LogP contribution in [0.4, 0.5) is 0 Å². The average Bonchev–Trinajstić information content (AvgIpc) is 3.06. The van der Waals surface area contributed by atoms with Crippen LogP contribution < -0.4 is 0 Å². The molecule has 1 aliphatic carbocycles. The molecule has 1 aromatic rings. The highest BCUT2D eigenvalue weighted by Crippen LogP contribution is 2.38. The van der Waals surface area contributed by atoms with Crippen LogP contribution in [0.1, 0.15) is 50.5 Å². The van der Waals surface area contributed by atoms with Gasteiger partial charge in [0.05, 0.1) is 0 Å². The Morgan fingerprint density at radius 1 is 0.913 bits per heavy atom. The minimum Gasteiger partial charge on any atom is -0.298 e. The summed E-state index contributed by atoms with van der Waals surface area (Å²) < 4.78 is 0. The second kappa shape index (κ2) is 7.13.